The first-order chi connectivity index (χ1) is 8.84. The Hall–Kier alpha value is -1.51. The third-order valence-corrected chi connectivity index (χ3v) is 2.62. The first kappa shape index (κ1) is 15.5. The highest BCUT2D eigenvalue weighted by molar-refractivity contribution is 9.08. The molecule has 106 valence electrons. The van der Waals surface area contributed by atoms with Gasteiger partial charge in [0.15, 0.2) is 5.56 Å². The first-order valence-corrected chi connectivity index (χ1v) is 5.92. The number of pyridine rings is 1. The smallest absolute Gasteiger partial charge is 0.495 e. The fourth-order valence-electron chi connectivity index (χ4n) is 1.31. The van der Waals surface area contributed by atoms with Crippen LogP contribution < -0.4 is 9.47 Å². The van der Waals surface area contributed by atoms with Gasteiger partial charge in [0, 0.05) is 17.1 Å². The highest BCUT2D eigenvalue weighted by atomic mass is 79.9. The van der Waals surface area contributed by atoms with Crippen LogP contribution in [0.25, 0.3) is 0 Å². The van der Waals surface area contributed by atoms with Gasteiger partial charge in [-0.25, -0.2) is 9.78 Å². The molecule has 0 N–H and O–H groups in total. The Kier molecular flexibility index (Phi) is 4.98. The molecule has 0 unspecified atom stereocenters. The van der Waals surface area contributed by atoms with E-state index in [9.17, 15) is 18.0 Å². The van der Waals surface area contributed by atoms with E-state index in [1.165, 1.54) is 7.11 Å². The van der Waals surface area contributed by atoms with Crippen molar-refractivity contribution in [3.8, 4) is 11.6 Å². The predicted octanol–water partition coefficient (Wildman–Crippen LogP) is 2.67. The Bertz CT molecular complexity index is 479. The van der Waals surface area contributed by atoms with Crippen LogP contribution in [-0.2, 0) is 10.1 Å². The number of esters is 1. The molecule has 5 nitrogen and oxygen atoms in total. The zero-order chi connectivity index (χ0) is 14.6. The van der Waals surface area contributed by atoms with Crippen LogP contribution in [0.5, 0.6) is 11.6 Å². The second kappa shape index (κ2) is 6.09. The lowest BCUT2D eigenvalue weighted by Crippen LogP contribution is -2.21. The summed E-state index contributed by atoms with van der Waals surface area (Å²) in [5, 5.41) is 0.236. The van der Waals surface area contributed by atoms with Gasteiger partial charge in [-0.15, -0.1) is 13.2 Å². The summed E-state index contributed by atoms with van der Waals surface area (Å²) < 4.78 is 49.8. The molecule has 0 saturated carbocycles. The monoisotopic (exact) mass is 343 g/mol. The van der Waals surface area contributed by atoms with E-state index in [4.69, 9.17) is 4.74 Å². The number of carbonyl (C=O) groups is 1. The number of ether oxygens (including phenoxy) is 3. The van der Waals surface area contributed by atoms with Crippen molar-refractivity contribution in [2.45, 2.75) is 11.7 Å². The minimum atomic E-state index is -4.98. The van der Waals surface area contributed by atoms with Crippen molar-refractivity contribution in [2.24, 2.45) is 0 Å². The van der Waals surface area contributed by atoms with Gasteiger partial charge in [-0.1, -0.05) is 15.9 Å². The number of methoxy groups -OCH3 is 2. The Morgan fingerprint density at radius 3 is 2.47 bits per heavy atom. The summed E-state index contributed by atoms with van der Waals surface area (Å²) in [7, 11) is 2.24. The Labute approximate surface area is 114 Å². The summed E-state index contributed by atoms with van der Waals surface area (Å²) in [6.07, 6.45) is -3.86. The van der Waals surface area contributed by atoms with E-state index in [2.05, 4.69) is 30.4 Å². The SMILES string of the molecule is COC(=O)c1c(OC(F)(F)F)ncc(CBr)c1OC. The van der Waals surface area contributed by atoms with Crippen LogP contribution in [-0.4, -0.2) is 31.5 Å². The van der Waals surface area contributed by atoms with Gasteiger partial charge in [0.05, 0.1) is 14.2 Å². The molecule has 1 heterocycles. The zero-order valence-electron chi connectivity index (χ0n) is 9.88. The van der Waals surface area contributed by atoms with E-state index >= 15 is 0 Å². The lowest BCUT2D eigenvalue weighted by molar-refractivity contribution is -0.276. The molecule has 0 saturated heterocycles. The van der Waals surface area contributed by atoms with Crippen molar-refractivity contribution < 1.29 is 32.2 Å². The average molecular weight is 344 g/mol. The van der Waals surface area contributed by atoms with Crippen LogP contribution in [0.2, 0.25) is 0 Å². The Morgan fingerprint density at radius 2 is 2.05 bits per heavy atom. The molecule has 0 fully saturated rings. The molecule has 0 bridgehead atoms. The highest BCUT2D eigenvalue weighted by Gasteiger charge is 2.36. The van der Waals surface area contributed by atoms with Crippen LogP contribution in [0.15, 0.2) is 6.20 Å². The predicted molar refractivity (Wildman–Crippen MR) is 61.4 cm³/mol. The van der Waals surface area contributed by atoms with Gasteiger partial charge in [-0.2, -0.15) is 0 Å². The molecular formula is C10H9BrF3NO4. The molecule has 0 aliphatic heterocycles. The summed E-state index contributed by atoms with van der Waals surface area (Å²) in [6, 6.07) is 0. The number of alkyl halides is 4. The third kappa shape index (κ3) is 3.72. The number of carbonyl (C=O) groups excluding carboxylic acids is 1. The minimum absolute atomic E-state index is 0.0852. The summed E-state index contributed by atoms with van der Waals surface area (Å²) in [5.74, 6) is -2.04. The van der Waals surface area contributed by atoms with Gasteiger partial charge in [-0.3, -0.25) is 0 Å². The quantitative estimate of drug-likeness (QED) is 0.621. The Balaban J connectivity index is 3.42. The largest absolute Gasteiger partial charge is 0.574 e. The van der Waals surface area contributed by atoms with Gasteiger partial charge in [0.2, 0.25) is 5.88 Å². The molecule has 0 aromatic carbocycles. The molecule has 1 rings (SSSR count). The molecule has 9 heteroatoms. The molecule has 0 spiro atoms. The summed E-state index contributed by atoms with van der Waals surface area (Å²) in [5.41, 5.74) is -0.128. The van der Waals surface area contributed by atoms with Gasteiger partial charge in [0.25, 0.3) is 0 Å². The number of hydrogen-bond acceptors (Lipinski definition) is 5. The molecular weight excluding hydrogens is 335 g/mol. The van der Waals surface area contributed by atoms with Crippen molar-refractivity contribution in [3.05, 3.63) is 17.3 Å². The second-order valence-electron chi connectivity index (χ2n) is 3.17. The number of hydrogen-bond donors (Lipinski definition) is 0. The van der Waals surface area contributed by atoms with E-state index in [0.717, 1.165) is 13.3 Å². The summed E-state index contributed by atoms with van der Waals surface area (Å²) in [4.78, 5) is 15.0. The fraction of sp³-hybridized carbons (Fsp3) is 0.400. The number of halogens is 4. The number of aromatic nitrogens is 1. The van der Waals surface area contributed by atoms with Crippen LogP contribution in [0.3, 0.4) is 0 Å². The second-order valence-corrected chi connectivity index (χ2v) is 3.73. The van der Waals surface area contributed by atoms with E-state index in [-0.39, 0.29) is 11.1 Å². The highest BCUT2D eigenvalue weighted by Crippen LogP contribution is 2.34. The summed E-state index contributed by atoms with van der Waals surface area (Å²) in [6.45, 7) is 0. The molecule has 19 heavy (non-hydrogen) atoms. The molecule has 0 aliphatic carbocycles. The number of rotatable bonds is 4. The topological polar surface area (TPSA) is 57.7 Å². The van der Waals surface area contributed by atoms with Crippen molar-refractivity contribution >= 4 is 21.9 Å². The maximum Gasteiger partial charge on any atom is 0.574 e. The number of nitrogens with zero attached hydrogens (tertiary/aromatic N) is 1. The molecule has 1 aromatic heterocycles. The van der Waals surface area contributed by atoms with Gasteiger partial charge in [0.1, 0.15) is 5.75 Å². The average Bonchev–Trinajstić information content (AvgIpc) is 2.35. The van der Waals surface area contributed by atoms with E-state index in [0.29, 0.717) is 5.56 Å². The van der Waals surface area contributed by atoms with Crippen LogP contribution >= 0.6 is 15.9 Å². The third-order valence-electron chi connectivity index (χ3n) is 2.02. The molecule has 0 atom stereocenters. The summed E-state index contributed by atoms with van der Waals surface area (Å²) >= 11 is 3.11. The van der Waals surface area contributed by atoms with Gasteiger partial charge >= 0.3 is 12.3 Å². The minimum Gasteiger partial charge on any atom is -0.495 e. The zero-order valence-corrected chi connectivity index (χ0v) is 11.5. The maximum atomic E-state index is 12.2. The van der Waals surface area contributed by atoms with Crippen molar-refractivity contribution in [3.63, 3.8) is 0 Å². The standard InChI is InChI=1S/C10H9BrF3NO4/c1-17-7-5(3-11)4-15-8(19-10(12,13)14)6(7)9(16)18-2/h4H,3H2,1-2H3. The molecule has 0 radical (unpaired) electrons. The van der Waals surface area contributed by atoms with Crippen molar-refractivity contribution in [1.82, 2.24) is 4.98 Å². The van der Waals surface area contributed by atoms with Gasteiger partial charge in [-0.05, 0) is 0 Å². The molecule has 0 amide bonds. The van der Waals surface area contributed by atoms with Crippen LogP contribution in [0.4, 0.5) is 13.2 Å². The van der Waals surface area contributed by atoms with Crippen molar-refractivity contribution in [2.75, 3.05) is 14.2 Å². The van der Waals surface area contributed by atoms with E-state index in [1.54, 1.807) is 0 Å². The molecule has 1 aromatic rings. The molecule has 0 aliphatic rings. The van der Waals surface area contributed by atoms with Crippen LogP contribution in [0.1, 0.15) is 15.9 Å². The van der Waals surface area contributed by atoms with E-state index < -0.39 is 23.8 Å². The lowest BCUT2D eigenvalue weighted by Gasteiger charge is -2.15. The van der Waals surface area contributed by atoms with E-state index in [1.807, 2.05) is 0 Å². The van der Waals surface area contributed by atoms with Gasteiger partial charge < -0.3 is 14.2 Å². The lowest BCUT2D eigenvalue weighted by atomic mass is 10.2. The fourth-order valence-corrected chi connectivity index (χ4v) is 1.71. The first-order valence-electron chi connectivity index (χ1n) is 4.80. The normalized spacial score (nSPS) is 11.1. The van der Waals surface area contributed by atoms with Crippen LogP contribution in [0, 0.1) is 0 Å². The maximum absolute atomic E-state index is 12.2. The Morgan fingerprint density at radius 1 is 1.42 bits per heavy atom. The van der Waals surface area contributed by atoms with Crippen molar-refractivity contribution in [1.29, 1.82) is 0 Å².